The van der Waals surface area contributed by atoms with E-state index >= 15 is 0 Å². The van der Waals surface area contributed by atoms with Crippen LogP contribution in [0.4, 0.5) is 0 Å². The molecule has 9 nitrogen and oxygen atoms in total. The van der Waals surface area contributed by atoms with E-state index < -0.39 is 38.8 Å². The Morgan fingerprint density at radius 3 is 2.00 bits per heavy atom. The molecule has 0 aromatic heterocycles. The lowest BCUT2D eigenvalue weighted by Gasteiger charge is -2.23. The van der Waals surface area contributed by atoms with Gasteiger partial charge in [-0.1, -0.05) is 0 Å². The third kappa shape index (κ3) is 5.64. The number of phosphoric acid groups is 1. The normalized spacial score (nSPS) is 19.9. The van der Waals surface area contributed by atoms with E-state index in [2.05, 4.69) is 4.52 Å². The molecule has 0 bridgehead atoms. The largest absolute Gasteiger partial charge is 0.469 e. The van der Waals surface area contributed by atoms with Gasteiger partial charge in [0.05, 0.1) is 6.61 Å². The number of hydrogen-bond acceptors (Lipinski definition) is 7. The van der Waals surface area contributed by atoms with Crippen molar-refractivity contribution in [1.82, 2.24) is 0 Å². The van der Waals surface area contributed by atoms with Crippen molar-refractivity contribution in [2.45, 2.75) is 24.4 Å². The Hall–Kier alpha value is -0.380. The second-order valence-electron chi connectivity index (χ2n) is 2.90. The molecule has 95 valence electrons. The molecule has 0 saturated carbocycles. The van der Waals surface area contributed by atoms with Gasteiger partial charge in [-0.15, -0.1) is 0 Å². The SMILES string of the molecule is O=[C][C@H](O)[C@@H](O)[C@H](O)[C@H](O)COP(=O)(O)O. The van der Waals surface area contributed by atoms with Crippen LogP contribution in [0.2, 0.25) is 0 Å². The summed E-state index contributed by atoms with van der Waals surface area (Å²) in [6.07, 6.45) is -7.01. The first kappa shape index (κ1) is 15.6. The monoisotopic (exact) mass is 259 g/mol. The topological polar surface area (TPSA) is 165 Å². The number of rotatable bonds is 7. The van der Waals surface area contributed by atoms with E-state index in [0.29, 0.717) is 0 Å². The summed E-state index contributed by atoms with van der Waals surface area (Å²) in [6.45, 7) is -0.978. The Kier molecular flexibility index (Phi) is 6.23. The van der Waals surface area contributed by atoms with E-state index in [-0.39, 0.29) is 0 Å². The first-order valence-corrected chi connectivity index (χ1v) is 5.52. The van der Waals surface area contributed by atoms with Gasteiger partial charge in [-0.05, 0) is 0 Å². The van der Waals surface area contributed by atoms with E-state index in [9.17, 15) is 9.36 Å². The molecule has 16 heavy (non-hydrogen) atoms. The third-order valence-electron chi connectivity index (χ3n) is 1.60. The van der Waals surface area contributed by atoms with Gasteiger partial charge in [0.15, 0.2) is 0 Å². The number of hydrogen-bond donors (Lipinski definition) is 6. The van der Waals surface area contributed by atoms with Crippen molar-refractivity contribution < 1.29 is 44.1 Å². The standard InChI is InChI=1S/C6H12O9P/c7-1-3(8)5(10)6(11)4(9)2-15-16(12,13)14/h3-6,8-11H,2H2,(H2,12,13,14)/t3-,4+,5+,6+/m0/s1. The van der Waals surface area contributed by atoms with Crippen molar-refractivity contribution in [1.29, 1.82) is 0 Å². The second kappa shape index (κ2) is 6.38. The summed E-state index contributed by atoms with van der Waals surface area (Å²) < 4.78 is 14.1. The van der Waals surface area contributed by atoms with Gasteiger partial charge in [-0.2, -0.15) is 0 Å². The summed E-state index contributed by atoms with van der Waals surface area (Å²) in [6, 6.07) is 0. The van der Waals surface area contributed by atoms with Crippen molar-refractivity contribution in [3.8, 4) is 0 Å². The fraction of sp³-hybridized carbons (Fsp3) is 0.833. The zero-order chi connectivity index (χ0) is 12.9. The Labute approximate surface area is 90.2 Å². The fourth-order valence-electron chi connectivity index (χ4n) is 0.756. The van der Waals surface area contributed by atoms with Gasteiger partial charge in [0.25, 0.3) is 0 Å². The lowest BCUT2D eigenvalue weighted by molar-refractivity contribution is -0.0999. The first-order chi connectivity index (χ1) is 7.19. The molecular formula is C6H12O9P. The summed E-state index contributed by atoms with van der Waals surface area (Å²) in [7, 11) is -4.81. The van der Waals surface area contributed by atoms with E-state index in [4.69, 9.17) is 30.2 Å². The molecule has 0 unspecified atom stereocenters. The van der Waals surface area contributed by atoms with Crippen LogP contribution in [0.3, 0.4) is 0 Å². The molecule has 0 aliphatic rings. The van der Waals surface area contributed by atoms with Crippen molar-refractivity contribution in [3.05, 3.63) is 0 Å². The van der Waals surface area contributed by atoms with E-state index in [1.165, 1.54) is 0 Å². The Balaban J connectivity index is 4.22. The molecule has 1 radical (unpaired) electrons. The van der Waals surface area contributed by atoms with E-state index in [1.54, 1.807) is 0 Å². The zero-order valence-corrected chi connectivity index (χ0v) is 8.77. The molecule has 6 N–H and O–H groups in total. The average Bonchev–Trinajstić information content (AvgIpc) is 2.21. The minimum atomic E-state index is -4.81. The molecule has 0 aromatic carbocycles. The zero-order valence-electron chi connectivity index (χ0n) is 7.87. The maximum absolute atomic E-state index is 10.2. The highest BCUT2D eigenvalue weighted by Gasteiger charge is 2.32. The summed E-state index contributed by atoms with van der Waals surface area (Å²) in [5.74, 6) is 0. The van der Waals surface area contributed by atoms with Crippen LogP contribution in [-0.2, 0) is 13.9 Å². The minimum Gasteiger partial charge on any atom is -0.388 e. The number of phosphoric ester groups is 1. The lowest BCUT2D eigenvalue weighted by Crippen LogP contribution is -2.46. The van der Waals surface area contributed by atoms with E-state index in [0.717, 1.165) is 6.29 Å². The van der Waals surface area contributed by atoms with Crippen LogP contribution in [0.15, 0.2) is 0 Å². The summed E-state index contributed by atoms with van der Waals surface area (Å²) in [5.41, 5.74) is 0. The van der Waals surface area contributed by atoms with Gasteiger partial charge in [-0.3, -0.25) is 9.32 Å². The molecule has 0 saturated heterocycles. The van der Waals surface area contributed by atoms with Crippen molar-refractivity contribution in [2.24, 2.45) is 0 Å². The Morgan fingerprint density at radius 1 is 1.12 bits per heavy atom. The summed E-state index contributed by atoms with van der Waals surface area (Å²) in [5, 5.41) is 35.9. The Bertz CT molecular complexity index is 263. The molecule has 0 rings (SSSR count). The van der Waals surface area contributed by atoms with Gasteiger partial charge in [0, 0.05) is 0 Å². The maximum Gasteiger partial charge on any atom is 0.469 e. The quantitative estimate of drug-likeness (QED) is 0.256. The highest BCUT2D eigenvalue weighted by molar-refractivity contribution is 7.46. The molecule has 0 aliphatic carbocycles. The van der Waals surface area contributed by atoms with Crippen LogP contribution >= 0.6 is 7.82 Å². The van der Waals surface area contributed by atoms with E-state index in [1.807, 2.05) is 0 Å². The predicted octanol–water partition coefficient (Wildman–Crippen LogP) is -3.35. The highest BCUT2D eigenvalue weighted by atomic mass is 31.2. The molecule has 0 heterocycles. The molecular weight excluding hydrogens is 247 g/mol. The molecule has 0 aromatic rings. The van der Waals surface area contributed by atoms with Crippen molar-refractivity contribution in [3.63, 3.8) is 0 Å². The number of aliphatic hydroxyl groups excluding tert-OH is 4. The maximum atomic E-state index is 10.2. The van der Waals surface area contributed by atoms with Crippen LogP contribution in [-0.4, -0.2) is 67.5 Å². The predicted molar refractivity (Wildman–Crippen MR) is 47.7 cm³/mol. The van der Waals surface area contributed by atoms with Gasteiger partial charge < -0.3 is 30.2 Å². The molecule has 0 amide bonds. The van der Waals surface area contributed by atoms with Crippen LogP contribution in [0.1, 0.15) is 0 Å². The molecule has 0 spiro atoms. The molecule has 10 heteroatoms. The molecule has 4 atom stereocenters. The van der Waals surface area contributed by atoms with Crippen molar-refractivity contribution in [2.75, 3.05) is 6.61 Å². The lowest BCUT2D eigenvalue weighted by atomic mass is 10.0. The summed E-state index contributed by atoms with van der Waals surface area (Å²) >= 11 is 0. The number of aliphatic hydroxyl groups is 4. The number of carbonyl (C=O) groups excluding carboxylic acids is 1. The van der Waals surface area contributed by atoms with Gasteiger partial charge in [0.1, 0.15) is 24.4 Å². The molecule has 0 fully saturated rings. The first-order valence-electron chi connectivity index (χ1n) is 3.99. The average molecular weight is 259 g/mol. The third-order valence-corrected chi connectivity index (χ3v) is 2.09. The van der Waals surface area contributed by atoms with Crippen LogP contribution < -0.4 is 0 Å². The van der Waals surface area contributed by atoms with Crippen LogP contribution in [0.25, 0.3) is 0 Å². The van der Waals surface area contributed by atoms with Crippen LogP contribution in [0, 0.1) is 0 Å². The fourth-order valence-corrected chi connectivity index (χ4v) is 1.10. The van der Waals surface area contributed by atoms with Gasteiger partial charge in [0.2, 0.25) is 6.29 Å². The minimum absolute atomic E-state index is 0.963. The molecule has 0 aliphatic heterocycles. The van der Waals surface area contributed by atoms with Crippen molar-refractivity contribution >= 4 is 14.1 Å². The van der Waals surface area contributed by atoms with Crippen LogP contribution in [0.5, 0.6) is 0 Å². The highest BCUT2D eigenvalue weighted by Crippen LogP contribution is 2.35. The van der Waals surface area contributed by atoms with Gasteiger partial charge in [-0.25, -0.2) is 4.57 Å². The van der Waals surface area contributed by atoms with Gasteiger partial charge >= 0.3 is 7.82 Å². The second-order valence-corrected chi connectivity index (χ2v) is 4.14. The Morgan fingerprint density at radius 2 is 1.62 bits per heavy atom. The summed E-state index contributed by atoms with van der Waals surface area (Å²) in [4.78, 5) is 26.4. The smallest absolute Gasteiger partial charge is 0.388 e.